The second-order valence-electron chi connectivity index (χ2n) is 10.2. The topological polar surface area (TPSA) is 76.1 Å². The standard InChI is InChI=1S/C29H33NO5/c1-29(2,3)27(31)35-18-20-8-12-23(13-9-20)25-14-15-30(28(32)33)17-26(25)34-19-21-10-11-22-6-4-5-7-24(22)16-21/h4-13,16,25-26H,14-15,17-19H2,1-3H3,(H,32,33). The summed E-state index contributed by atoms with van der Waals surface area (Å²) < 4.78 is 11.8. The van der Waals surface area contributed by atoms with Crippen LogP contribution in [0.3, 0.4) is 0 Å². The number of likely N-dealkylation sites (tertiary alicyclic amines) is 1. The highest BCUT2D eigenvalue weighted by molar-refractivity contribution is 5.83. The zero-order chi connectivity index (χ0) is 25.0. The molecule has 0 spiro atoms. The Morgan fingerprint density at radius 1 is 0.943 bits per heavy atom. The van der Waals surface area contributed by atoms with Gasteiger partial charge in [-0.15, -0.1) is 0 Å². The van der Waals surface area contributed by atoms with Crippen LogP contribution in [0.4, 0.5) is 4.79 Å². The zero-order valence-corrected chi connectivity index (χ0v) is 20.6. The van der Waals surface area contributed by atoms with Gasteiger partial charge in [0.25, 0.3) is 0 Å². The van der Waals surface area contributed by atoms with Crippen LogP contribution in [0.2, 0.25) is 0 Å². The van der Waals surface area contributed by atoms with E-state index < -0.39 is 11.5 Å². The van der Waals surface area contributed by atoms with Gasteiger partial charge in [-0.05, 0) is 60.7 Å². The number of amides is 1. The lowest BCUT2D eigenvalue weighted by atomic mass is 9.86. The average Bonchev–Trinajstić information content (AvgIpc) is 2.85. The number of benzene rings is 3. The highest BCUT2D eigenvalue weighted by Gasteiger charge is 2.33. The Morgan fingerprint density at radius 2 is 1.63 bits per heavy atom. The summed E-state index contributed by atoms with van der Waals surface area (Å²) in [4.78, 5) is 25.1. The van der Waals surface area contributed by atoms with Crippen LogP contribution < -0.4 is 0 Å². The Morgan fingerprint density at radius 3 is 2.31 bits per heavy atom. The molecular weight excluding hydrogens is 442 g/mol. The van der Waals surface area contributed by atoms with E-state index >= 15 is 0 Å². The molecule has 1 aliphatic rings. The van der Waals surface area contributed by atoms with Crippen LogP contribution in [-0.4, -0.2) is 41.3 Å². The number of hydrogen-bond acceptors (Lipinski definition) is 4. The summed E-state index contributed by atoms with van der Waals surface area (Å²) in [6, 6.07) is 22.5. The highest BCUT2D eigenvalue weighted by atomic mass is 16.5. The predicted molar refractivity (Wildman–Crippen MR) is 135 cm³/mol. The maximum Gasteiger partial charge on any atom is 0.407 e. The van der Waals surface area contributed by atoms with Gasteiger partial charge in [-0.3, -0.25) is 4.79 Å². The molecule has 1 heterocycles. The SMILES string of the molecule is CC(C)(C)C(=O)OCc1ccc(C2CCN(C(=O)O)CC2OCc2ccc3ccccc3c2)cc1. The van der Waals surface area contributed by atoms with E-state index in [-0.39, 0.29) is 24.6 Å². The van der Waals surface area contributed by atoms with Crippen molar-refractivity contribution in [1.82, 2.24) is 4.90 Å². The van der Waals surface area contributed by atoms with Gasteiger partial charge in [0.15, 0.2) is 0 Å². The molecule has 3 aromatic carbocycles. The van der Waals surface area contributed by atoms with Crippen molar-refractivity contribution < 1.29 is 24.2 Å². The van der Waals surface area contributed by atoms with Crippen LogP contribution in [0, 0.1) is 5.41 Å². The van der Waals surface area contributed by atoms with Crippen molar-refractivity contribution in [2.45, 2.75) is 52.4 Å². The van der Waals surface area contributed by atoms with E-state index in [0.29, 0.717) is 26.1 Å². The number of esters is 1. The number of carboxylic acid groups (broad SMARTS) is 1. The molecular formula is C29H33NO5. The molecule has 1 N–H and O–H groups in total. The van der Waals surface area contributed by atoms with Gasteiger partial charge in [0.2, 0.25) is 0 Å². The van der Waals surface area contributed by atoms with Gasteiger partial charge in [-0.1, -0.05) is 60.7 Å². The van der Waals surface area contributed by atoms with E-state index in [1.54, 1.807) is 0 Å². The molecule has 0 radical (unpaired) electrons. The van der Waals surface area contributed by atoms with Gasteiger partial charge >= 0.3 is 12.1 Å². The van der Waals surface area contributed by atoms with E-state index in [2.05, 4.69) is 30.3 Å². The van der Waals surface area contributed by atoms with Gasteiger partial charge in [-0.2, -0.15) is 0 Å². The predicted octanol–water partition coefficient (Wildman–Crippen LogP) is 5.98. The molecule has 0 aliphatic carbocycles. The maximum atomic E-state index is 12.1. The van der Waals surface area contributed by atoms with Crippen molar-refractivity contribution in [1.29, 1.82) is 0 Å². The maximum absolute atomic E-state index is 12.1. The number of fused-ring (bicyclic) bond motifs is 1. The zero-order valence-electron chi connectivity index (χ0n) is 20.6. The van der Waals surface area contributed by atoms with Crippen molar-refractivity contribution >= 4 is 22.8 Å². The number of carbonyl (C=O) groups is 2. The van der Waals surface area contributed by atoms with Crippen LogP contribution >= 0.6 is 0 Å². The van der Waals surface area contributed by atoms with Gasteiger partial charge in [0.05, 0.1) is 24.7 Å². The first kappa shape index (κ1) is 24.7. The van der Waals surface area contributed by atoms with Gasteiger partial charge in [0.1, 0.15) is 6.61 Å². The summed E-state index contributed by atoms with van der Waals surface area (Å²) in [5, 5.41) is 11.9. The first-order chi connectivity index (χ1) is 16.7. The second-order valence-corrected chi connectivity index (χ2v) is 10.2. The third-order valence-electron chi connectivity index (χ3n) is 6.50. The van der Waals surface area contributed by atoms with Crippen molar-refractivity contribution in [2.24, 2.45) is 5.41 Å². The van der Waals surface area contributed by atoms with Gasteiger partial charge in [-0.25, -0.2) is 4.79 Å². The van der Waals surface area contributed by atoms with Crippen molar-refractivity contribution in [3.05, 3.63) is 83.4 Å². The normalized spacial score (nSPS) is 18.4. The highest BCUT2D eigenvalue weighted by Crippen LogP contribution is 2.32. The second kappa shape index (κ2) is 10.5. The Hall–Kier alpha value is -3.38. The lowest BCUT2D eigenvalue weighted by Crippen LogP contribution is -2.46. The van der Waals surface area contributed by atoms with E-state index in [0.717, 1.165) is 22.1 Å². The fourth-order valence-electron chi connectivity index (χ4n) is 4.40. The molecule has 6 nitrogen and oxygen atoms in total. The molecule has 2 atom stereocenters. The number of hydrogen-bond donors (Lipinski definition) is 1. The van der Waals surface area contributed by atoms with Crippen LogP contribution in [0.1, 0.15) is 49.8 Å². The Kier molecular flexibility index (Phi) is 7.41. The van der Waals surface area contributed by atoms with E-state index in [1.807, 2.05) is 57.2 Å². The summed E-state index contributed by atoms with van der Waals surface area (Å²) >= 11 is 0. The van der Waals surface area contributed by atoms with Crippen LogP contribution in [-0.2, 0) is 27.5 Å². The number of nitrogens with zero attached hydrogens (tertiary/aromatic N) is 1. The molecule has 1 aliphatic heterocycles. The van der Waals surface area contributed by atoms with Gasteiger partial charge in [0, 0.05) is 12.5 Å². The molecule has 0 saturated carbocycles. The summed E-state index contributed by atoms with van der Waals surface area (Å²) in [7, 11) is 0. The van der Waals surface area contributed by atoms with Crippen molar-refractivity contribution in [2.75, 3.05) is 13.1 Å². The third kappa shape index (κ3) is 6.20. The third-order valence-corrected chi connectivity index (χ3v) is 6.50. The summed E-state index contributed by atoms with van der Waals surface area (Å²) in [6.07, 6.45) is -0.484. The molecule has 1 fully saturated rings. The minimum atomic E-state index is -0.918. The van der Waals surface area contributed by atoms with Crippen LogP contribution in [0.15, 0.2) is 66.7 Å². The van der Waals surface area contributed by atoms with Crippen molar-refractivity contribution in [3.8, 4) is 0 Å². The first-order valence-corrected chi connectivity index (χ1v) is 12.0. The largest absolute Gasteiger partial charge is 0.465 e. The quantitative estimate of drug-likeness (QED) is 0.444. The molecule has 2 unspecified atom stereocenters. The molecule has 1 saturated heterocycles. The van der Waals surface area contributed by atoms with E-state index in [1.165, 1.54) is 10.3 Å². The molecule has 0 bridgehead atoms. The van der Waals surface area contributed by atoms with Crippen LogP contribution in [0.25, 0.3) is 10.8 Å². The number of carbonyl (C=O) groups excluding carboxylic acids is 1. The fourth-order valence-corrected chi connectivity index (χ4v) is 4.40. The molecule has 35 heavy (non-hydrogen) atoms. The monoisotopic (exact) mass is 475 g/mol. The van der Waals surface area contributed by atoms with Crippen LogP contribution in [0.5, 0.6) is 0 Å². The Labute approximate surface area is 206 Å². The molecule has 184 valence electrons. The molecule has 1 amide bonds. The molecule has 6 heteroatoms. The average molecular weight is 476 g/mol. The van der Waals surface area contributed by atoms with Gasteiger partial charge < -0.3 is 19.5 Å². The fraction of sp³-hybridized carbons (Fsp3) is 0.379. The number of piperidine rings is 1. The molecule has 3 aromatic rings. The Bertz CT molecular complexity index is 1180. The molecule has 0 aromatic heterocycles. The Balaban J connectivity index is 1.45. The lowest BCUT2D eigenvalue weighted by molar-refractivity contribution is -0.154. The van der Waals surface area contributed by atoms with E-state index in [9.17, 15) is 14.7 Å². The number of rotatable bonds is 6. The minimum Gasteiger partial charge on any atom is -0.465 e. The summed E-state index contributed by atoms with van der Waals surface area (Å²) in [6.45, 7) is 6.95. The molecule has 4 rings (SSSR count). The number of ether oxygens (including phenoxy) is 2. The first-order valence-electron chi connectivity index (χ1n) is 12.0. The summed E-state index contributed by atoms with van der Waals surface area (Å²) in [5.41, 5.74) is 2.55. The van der Waals surface area contributed by atoms with Crippen molar-refractivity contribution in [3.63, 3.8) is 0 Å². The smallest absolute Gasteiger partial charge is 0.407 e. The minimum absolute atomic E-state index is 0.0808. The lowest BCUT2D eigenvalue weighted by Gasteiger charge is -2.37. The summed E-state index contributed by atoms with van der Waals surface area (Å²) in [5.74, 6) is -0.151. The van der Waals surface area contributed by atoms with E-state index in [4.69, 9.17) is 9.47 Å².